The van der Waals surface area contributed by atoms with Crippen LogP contribution in [-0.4, -0.2) is 23.3 Å². The molecule has 1 saturated heterocycles. The van der Waals surface area contributed by atoms with Crippen molar-refractivity contribution in [2.45, 2.75) is 84.3 Å². The van der Waals surface area contributed by atoms with E-state index in [4.69, 9.17) is 4.74 Å². The van der Waals surface area contributed by atoms with Gasteiger partial charge in [0, 0.05) is 5.92 Å². The van der Waals surface area contributed by atoms with Crippen LogP contribution in [0, 0.1) is 17.3 Å². The molecule has 1 aliphatic carbocycles. The van der Waals surface area contributed by atoms with E-state index in [2.05, 4.69) is 20.8 Å². The van der Waals surface area contributed by atoms with Crippen LogP contribution in [0.5, 0.6) is 0 Å². The highest BCUT2D eigenvalue weighted by Gasteiger charge is 2.44. The second kappa shape index (κ2) is 6.46. The number of fused-ring (bicyclic) bond motifs is 1. The highest BCUT2D eigenvalue weighted by molar-refractivity contribution is 5.72. The Labute approximate surface area is 123 Å². The topological polar surface area (TPSA) is 46.5 Å². The smallest absolute Gasteiger partial charge is 0.306 e. The van der Waals surface area contributed by atoms with E-state index in [1.165, 1.54) is 12.8 Å². The third-order valence-electron chi connectivity index (χ3n) is 5.48. The van der Waals surface area contributed by atoms with Crippen LogP contribution in [0.25, 0.3) is 0 Å². The molecule has 1 saturated carbocycles. The number of aliphatic hydroxyl groups is 1. The Kier molecular flexibility index (Phi) is 5.11. The lowest BCUT2D eigenvalue weighted by Gasteiger charge is -2.31. The molecule has 116 valence electrons. The molecule has 0 aromatic heterocycles. The fourth-order valence-corrected chi connectivity index (χ4v) is 3.88. The fourth-order valence-electron chi connectivity index (χ4n) is 3.88. The average Bonchev–Trinajstić information content (AvgIpc) is 2.93. The third-order valence-corrected chi connectivity index (χ3v) is 5.48. The maximum atomic E-state index is 11.3. The first-order valence-corrected chi connectivity index (χ1v) is 8.31. The number of carbonyl (C=O) groups excluding carboxylic acids is 1. The number of hydrogen-bond acceptors (Lipinski definition) is 3. The van der Waals surface area contributed by atoms with E-state index in [1.54, 1.807) is 0 Å². The molecule has 0 unspecified atom stereocenters. The van der Waals surface area contributed by atoms with E-state index in [0.29, 0.717) is 18.3 Å². The molecule has 1 aliphatic heterocycles. The van der Waals surface area contributed by atoms with E-state index >= 15 is 0 Å². The molecule has 0 spiro atoms. The number of ether oxygens (including phenoxy) is 1. The molecule has 3 heteroatoms. The van der Waals surface area contributed by atoms with Crippen molar-refractivity contribution >= 4 is 5.97 Å². The van der Waals surface area contributed by atoms with Crippen molar-refractivity contribution in [3.63, 3.8) is 0 Å². The molecule has 0 bridgehead atoms. The normalized spacial score (nSPS) is 31.2. The number of carbonyl (C=O) groups is 1. The lowest BCUT2D eigenvalue weighted by molar-refractivity contribution is -0.141. The standard InChI is InChI=1S/C17H30O3/c1-4-5-10-17(2,3)15(18)9-7-12-6-8-14-13(12)11-16(19)20-14/h12-15,18H,4-11H2,1-3H3/t12-,13+,14-,15+/m0/s1. The van der Waals surface area contributed by atoms with Gasteiger partial charge in [0.1, 0.15) is 6.10 Å². The van der Waals surface area contributed by atoms with Gasteiger partial charge in [0.2, 0.25) is 0 Å². The van der Waals surface area contributed by atoms with Crippen LogP contribution in [0.2, 0.25) is 0 Å². The summed E-state index contributed by atoms with van der Waals surface area (Å²) in [6.07, 6.45) is 8.08. The first-order chi connectivity index (χ1) is 9.44. The molecule has 3 nitrogen and oxygen atoms in total. The van der Waals surface area contributed by atoms with Gasteiger partial charge < -0.3 is 9.84 Å². The summed E-state index contributed by atoms with van der Waals surface area (Å²) in [5.41, 5.74) is 0.00993. The summed E-state index contributed by atoms with van der Waals surface area (Å²) in [4.78, 5) is 11.3. The Hall–Kier alpha value is -0.570. The maximum Gasteiger partial charge on any atom is 0.306 e. The molecule has 0 radical (unpaired) electrons. The summed E-state index contributed by atoms with van der Waals surface area (Å²) >= 11 is 0. The molecule has 1 N–H and O–H groups in total. The summed E-state index contributed by atoms with van der Waals surface area (Å²) in [7, 11) is 0. The van der Waals surface area contributed by atoms with Gasteiger partial charge in [-0.05, 0) is 43.4 Å². The Morgan fingerprint density at radius 1 is 1.40 bits per heavy atom. The molecule has 2 fully saturated rings. The van der Waals surface area contributed by atoms with Gasteiger partial charge in [-0.2, -0.15) is 0 Å². The first kappa shape index (κ1) is 15.8. The summed E-state index contributed by atoms with van der Waals surface area (Å²) in [6.45, 7) is 6.54. The Morgan fingerprint density at radius 2 is 2.15 bits per heavy atom. The van der Waals surface area contributed by atoms with Crippen molar-refractivity contribution in [1.82, 2.24) is 0 Å². The van der Waals surface area contributed by atoms with Crippen LogP contribution in [0.3, 0.4) is 0 Å². The van der Waals surface area contributed by atoms with Crippen LogP contribution in [0.15, 0.2) is 0 Å². The zero-order valence-electron chi connectivity index (χ0n) is 13.2. The highest BCUT2D eigenvalue weighted by Crippen LogP contribution is 2.44. The Morgan fingerprint density at radius 3 is 2.85 bits per heavy atom. The van der Waals surface area contributed by atoms with Crippen molar-refractivity contribution in [2.75, 3.05) is 0 Å². The van der Waals surface area contributed by atoms with Crippen molar-refractivity contribution in [1.29, 1.82) is 0 Å². The number of rotatable bonds is 7. The maximum absolute atomic E-state index is 11.3. The van der Waals surface area contributed by atoms with Crippen molar-refractivity contribution in [3.05, 3.63) is 0 Å². The quantitative estimate of drug-likeness (QED) is 0.724. The van der Waals surface area contributed by atoms with E-state index in [-0.39, 0.29) is 23.6 Å². The third kappa shape index (κ3) is 3.55. The van der Waals surface area contributed by atoms with E-state index in [9.17, 15) is 9.90 Å². The number of hydrogen-bond donors (Lipinski definition) is 1. The van der Waals surface area contributed by atoms with Crippen LogP contribution >= 0.6 is 0 Å². The molecule has 2 rings (SSSR count). The molecule has 1 heterocycles. The first-order valence-electron chi connectivity index (χ1n) is 8.31. The number of aliphatic hydroxyl groups excluding tert-OH is 1. The lowest BCUT2D eigenvalue weighted by atomic mass is 9.78. The SMILES string of the molecule is CCCCC(C)(C)[C@H](O)CC[C@@H]1CC[C@@H]2OC(=O)C[C@H]12. The summed E-state index contributed by atoms with van der Waals surface area (Å²) in [5, 5.41) is 10.5. The monoisotopic (exact) mass is 282 g/mol. The summed E-state index contributed by atoms with van der Waals surface area (Å²) in [5.74, 6) is 0.977. The number of unbranched alkanes of at least 4 members (excludes halogenated alkanes) is 1. The van der Waals surface area contributed by atoms with Gasteiger partial charge in [-0.25, -0.2) is 0 Å². The van der Waals surface area contributed by atoms with Gasteiger partial charge >= 0.3 is 5.97 Å². The van der Waals surface area contributed by atoms with Crippen LogP contribution in [0.1, 0.15) is 72.1 Å². The van der Waals surface area contributed by atoms with Crippen molar-refractivity contribution in [3.8, 4) is 0 Å². The lowest BCUT2D eigenvalue weighted by Crippen LogP contribution is -2.30. The predicted molar refractivity (Wildman–Crippen MR) is 79.3 cm³/mol. The molecule has 4 atom stereocenters. The second-order valence-corrected chi connectivity index (χ2v) is 7.42. The number of esters is 1. The van der Waals surface area contributed by atoms with Gasteiger partial charge in [-0.15, -0.1) is 0 Å². The van der Waals surface area contributed by atoms with Crippen LogP contribution in [-0.2, 0) is 9.53 Å². The molecule has 2 aliphatic rings. The minimum Gasteiger partial charge on any atom is -0.462 e. The van der Waals surface area contributed by atoms with Gasteiger partial charge in [0.25, 0.3) is 0 Å². The highest BCUT2D eigenvalue weighted by atomic mass is 16.5. The predicted octanol–water partition coefficient (Wildman–Crippen LogP) is 3.69. The van der Waals surface area contributed by atoms with Gasteiger partial charge in [-0.3, -0.25) is 4.79 Å². The van der Waals surface area contributed by atoms with E-state index < -0.39 is 0 Å². The molecular weight excluding hydrogens is 252 g/mol. The zero-order valence-corrected chi connectivity index (χ0v) is 13.2. The summed E-state index contributed by atoms with van der Waals surface area (Å²) < 4.78 is 5.34. The summed E-state index contributed by atoms with van der Waals surface area (Å²) in [6, 6.07) is 0. The average molecular weight is 282 g/mol. The van der Waals surface area contributed by atoms with Gasteiger partial charge in [0.15, 0.2) is 0 Å². The second-order valence-electron chi connectivity index (χ2n) is 7.42. The van der Waals surface area contributed by atoms with Gasteiger partial charge in [0.05, 0.1) is 12.5 Å². The zero-order chi connectivity index (χ0) is 14.8. The largest absolute Gasteiger partial charge is 0.462 e. The Balaban J connectivity index is 1.78. The molecule has 20 heavy (non-hydrogen) atoms. The van der Waals surface area contributed by atoms with Gasteiger partial charge in [-0.1, -0.05) is 33.6 Å². The molecular formula is C17H30O3. The molecule has 0 amide bonds. The van der Waals surface area contributed by atoms with Crippen LogP contribution < -0.4 is 0 Å². The minimum absolute atomic E-state index is 0.00993. The van der Waals surface area contributed by atoms with Crippen molar-refractivity contribution in [2.24, 2.45) is 17.3 Å². The van der Waals surface area contributed by atoms with Crippen LogP contribution in [0.4, 0.5) is 0 Å². The van der Waals surface area contributed by atoms with E-state index in [0.717, 1.165) is 32.1 Å². The Bertz CT molecular complexity index is 337. The van der Waals surface area contributed by atoms with E-state index in [1.807, 2.05) is 0 Å². The minimum atomic E-state index is -0.230. The van der Waals surface area contributed by atoms with Crippen molar-refractivity contribution < 1.29 is 14.6 Å². The molecule has 0 aromatic rings. The molecule has 0 aromatic carbocycles. The fraction of sp³-hybridized carbons (Fsp3) is 0.941.